The van der Waals surface area contributed by atoms with Crippen molar-refractivity contribution in [1.29, 1.82) is 0 Å². The van der Waals surface area contributed by atoms with Gasteiger partial charge in [-0.2, -0.15) is 13.2 Å². The Labute approximate surface area is 192 Å². The molecule has 0 atom stereocenters. The van der Waals surface area contributed by atoms with E-state index in [0.717, 1.165) is 22.3 Å². The van der Waals surface area contributed by atoms with E-state index in [0.29, 0.717) is 24.4 Å². The molecule has 0 unspecified atom stereocenters. The van der Waals surface area contributed by atoms with Gasteiger partial charge in [-0.05, 0) is 54.1 Å². The Morgan fingerprint density at radius 2 is 1.88 bits per heavy atom. The summed E-state index contributed by atoms with van der Waals surface area (Å²) in [7, 11) is 1.56. The molecule has 3 rings (SSSR count). The van der Waals surface area contributed by atoms with Crippen molar-refractivity contribution in [3.8, 4) is 0 Å². The van der Waals surface area contributed by atoms with Crippen LogP contribution in [0.5, 0.6) is 0 Å². The molecule has 0 spiro atoms. The van der Waals surface area contributed by atoms with E-state index < -0.39 is 11.7 Å². The molecular weight excluding hydrogens is 487 g/mol. The summed E-state index contributed by atoms with van der Waals surface area (Å²) in [5, 5.41) is 2.86. The molecule has 1 aromatic heterocycles. The zero-order chi connectivity index (χ0) is 23.1. The molecule has 0 aliphatic rings. The normalized spacial score (nSPS) is 11.4. The molecule has 170 valence electrons. The second-order valence-corrected chi connectivity index (χ2v) is 8.09. The van der Waals surface area contributed by atoms with E-state index in [2.05, 4.69) is 21.2 Å². The van der Waals surface area contributed by atoms with Gasteiger partial charge in [-0.15, -0.1) is 0 Å². The third kappa shape index (κ3) is 6.61. The van der Waals surface area contributed by atoms with Crippen LogP contribution in [0.25, 0.3) is 0 Å². The Hall–Kier alpha value is -2.78. The fourth-order valence-electron chi connectivity index (χ4n) is 3.18. The zero-order valence-corrected chi connectivity index (χ0v) is 19.0. The number of ether oxygens (including phenoxy) is 1. The van der Waals surface area contributed by atoms with Crippen LogP contribution in [-0.4, -0.2) is 35.8 Å². The SMILES string of the molecule is COCCN(Cc1cccn1Cc1cccc(C(F)(F)F)c1)C(=O)Nc1ccc(Br)cc1. The van der Waals surface area contributed by atoms with E-state index in [1.54, 1.807) is 36.4 Å². The summed E-state index contributed by atoms with van der Waals surface area (Å²) in [6.07, 6.45) is -2.60. The molecule has 3 aromatic rings. The fourth-order valence-corrected chi connectivity index (χ4v) is 3.44. The molecule has 0 saturated heterocycles. The second-order valence-electron chi connectivity index (χ2n) is 7.18. The lowest BCUT2D eigenvalue weighted by molar-refractivity contribution is -0.137. The lowest BCUT2D eigenvalue weighted by Gasteiger charge is -2.24. The highest BCUT2D eigenvalue weighted by atomic mass is 79.9. The Kier molecular flexibility index (Phi) is 7.98. The molecule has 0 bridgehead atoms. The van der Waals surface area contributed by atoms with Gasteiger partial charge < -0.3 is 19.5 Å². The zero-order valence-electron chi connectivity index (χ0n) is 17.4. The highest BCUT2D eigenvalue weighted by Gasteiger charge is 2.30. The van der Waals surface area contributed by atoms with Crippen molar-refractivity contribution >= 4 is 27.6 Å². The largest absolute Gasteiger partial charge is 0.416 e. The number of benzene rings is 2. The number of halogens is 4. The predicted octanol–water partition coefficient (Wildman–Crippen LogP) is 6.00. The average Bonchev–Trinajstić information content (AvgIpc) is 3.18. The number of aromatic nitrogens is 1. The van der Waals surface area contributed by atoms with E-state index >= 15 is 0 Å². The molecule has 0 radical (unpaired) electrons. The van der Waals surface area contributed by atoms with E-state index in [4.69, 9.17) is 4.74 Å². The molecule has 1 N–H and O–H groups in total. The number of rotatable bonds is 8. The van der Waals surface area contributed by atoms with Crippen LogP contribution in [-0.2, 0) is 24.0 Å². The minimum absolute atomic E-state index is 0.263. The summed E-state index contributed by atoms with van der Waals surface area (Å²) >= 11 is 3.36. The second kappa shape index (κ2) is 10.7. The summed E-state index contributed by atoms with van der Waals surface area (Å²) in [4.78, 5) is 14.5. The summed E-state index contributed by atoms with van der Waals surface area (Å²) < 4.78 is 47.0. The first kappa shape index (κ1) is 23.9. The first-order valence-electron chi connectivity index (χ1n) is 9.87. The van der Waals surface area contributed by atoms with Crippen LogP contribution in [0.15, 0.2) is 71.3 Å². The molecule has 0 aliphatic carbocycles. The molecule has 32 heavy (non-hydrogen) atoms. The maximum atomic E-state index is 13.0. The van der Waals surface area contributed by atoms with Crippen molar-refractivity contribution in [3.63, 3.8) is 0 Å². The summed E-state index contributed by atoms with van der Waals surface area (Å²) in [6.45, 7) is 1.24. The number of nitrogens with zero attached hydrogens (tertiary/aromatic N) is 2. The van der Waals surface area contributed by atoms with Crippen LogP contribution in [0.4, 0.5) is 23.7 Å². The maximum absolute atomic E-state index is 13.0. The molecule has 2 aromatic carbocycles. The highest BCUT2D eigenvalue weighted by molar-refractivity contribution is 9.10. The molecule has 0 saturated carbocycles. The number of alkyl halides is 3. The first-order chi connectivity index (χ1) is 15.3. The highest BCUT2D eigenvalue weighted by Crippen LogP contribution is 2.29. The number of hydrogen-bond donors (Lipinski definition) is 1. The van der Waals surface area contributed by atoms with Crippen LogP contribution in [0.2, 0.25) is 0 Å². The minimum Gasteiger partial charge on any atom is -0.383 e. The number of nitrogens with one attached hydrogen (secondary N) is 1. The summed E-state index contributed by atoms with van der Waals surface area (Å²) in [5.74, 6) is 0. The first-order valence-corrected chi connectivity index (χ1v) is 10.7. The van der Waals surface area contributed by atoms with Crippen molar-refractivity contribution in [2.45, 2.75) is 19.3 Å². The molecule has 5 nitrogen and oxygen atoms in total. The molecule has 0 fully saturated rings. The third-order valence-corrected chi connectivity index (χ3v) is 5.36. The van der Waals surface area contributed by atoms with Crippen molar-refractivity contribution in [2.24, 2.45) is 0 Å². The van der Waals surface area contributed by atoms with Crippen LogP contribution >= 0.6 is 15.9 Å². The van der Waals surface area contributed by atoms with Gasteiger partial charge >= 0.3 is 12.2 Å². The number of methoxy groups -OCH3 is 1. The van der Waals surface area contributed by atoms with Crippen molar-refractivity contribution in [3.05, 3.63) is 88.2 Å². The van der Waals surface area contributed by atoms with E-state index in [1.807, 2.05) is 28.8 Å². The number of carbonyl (C=O) groups excluding carboxylic acids is 1. The fraction of sp³-hybridized carbons (Fsp3) is 0.261. The standard InChI is InChI=1S/C23H23BrF3N3O2/c1-32-13-12-30(22(31)28-20-9-7-19(24)8-10-20)16-21-6-3-11-29(21)15-17-4-2-5-18(14-17)23(25,26)27/h2-11,14H,12-13,15-16H2,1H3,(H,28,31). The van der Waals surface area contributed by atoms with Gasteiger partial charge in [0.15, 0.2) is 0 Å². The number of urea groups is 1. The van der Waals surface area contributed by atoms with Crippen LogP contribution in [0.3, 0.4) is 0 Å². The number of amides is 2. The van der Waals surface area contributed by atoms with Gasteiger partial charge in [0.05, 0.1) is 18.7 Å². The topological polar surface area (TPSA) is 46.5 Å². The molecule has 0 aliphatic heterocycles. The summed E-state index contributed by atoms with van der Waals surface area (Å²) in [6, 6.07) is 15.8. The average molecular weight is 510 g/mol. The van der Waals surface area contributed by atoms with Crippen LogP contribution in [0, 0.1) is 0 Å². The monoisotopic (exact) mass is 509 g/mol. The van der Waals surface area contributed by atoms with Gasteiger partial charge in [-0.3, -0.25) is 0 Å². The smallest absolute Gasteiger partial charge is 0.383 e. The van der Waals surface area contributed by atoms with Gasteiger partial charge in [-0.1, -0.05) is 28.1 Å². The molecule has 1 heterocycles. The Morgan fingerprint density at radius 3 is 2.56 bits per heavy atom. The Morgan fingerprint density at radius 1 is 1.12 bits per heavy atom. The number of anilines is 1. The van der Waals surface area contributed by atoms with Crippen LogP contribution in [0.1, 0.15) is 16.8 Å². The summed E-state index contributed by atoms with van der Waals surface area (Å²) in [5.41, 5.74) is 1.30. The predicted molar refractivity (Wildman–Crippen MR) is 120 cm³/mol. The van der Waals surface area contributed by atoms with E-state index in [9.17, 15) is 18.0 Å². The van der Waals surface area contributed by atoms with Gasteiger partial charge in [0.1, 0.15) is 0 Å². The number of carbonyl (C=O) groups is 1. The van der Waals surface area contributed by atoms with Gasteiger partial charge in [0.2, 0.25) is 0 Å². The maximum Gasteiger partial charge on any atom is 0.416 e. The lowest BCUT2D eigenvalue weighted by Crippen LogP contribution is -2.37. The van der Waals surface area contributed by atoms with Crippen LogP contribution < -0.4 is 5.32 Å². The third-order valence-electron chi connectivity index (χ3n) is 4.83. The quantitative estimate of drug-likeness (QED) is 0.404. The molecule has 9 heteroatoms. The van der Waals surface area contributed by atoms with Gasteiger partial charge in [0, 0.05) is 42.3 Å². The van der Waals surface area contributed by atoms with Crippen molar-refractivity contribution in [1.82, 2.24) is 9.47 Å². The van der Waals surface area contributed by atoms with Crippen molar-refractivity contribution < 1.29 is 22.7 Å². The van der Waals surface area contributed by atoms with Gasteiger partial charge in [0.25, 0.3) is 0 Å². The van der Waals surface area contributed by atoms with Crippen molar-refractivity contribution in [2.75, 3.05) is 25.6 Å². The molecule has 2 amide bonds. The lowest BCUT2D eigenvalue weighted by atomic mass is 10.1. The van der Waals surface area contributed by atoms with E-state index in [1.165, 1.54) is 6.07 Å². The van der Waals surface area contributed by atoms with E-state index in [-0.39, 0.29) is 19.1 Å². The molecular formula is C23H23BrF3N3O2. The number of hydrogen-bond acceptors (Lipinski definition) is 2. The minimum atomic E-state index is -4.39. The Bertz CT molecular complexity index is 1040. The Balaban J connectivity index is 1.74. The van der Waals surface area contributed by atoms with Gasteiger partial charge in [-0.25, -0.2) is 4.79 Å².